The van der Waals surface area contributed by atoms with Crippen molar-refractivity contribution in [3.05, 3.63) is 23.0 Å². The number of thiazole rings is 1. The van der Waals surface area contributed by atoms with Gasteiger partial charge in [-0.15, -0.1) is 22.7 Å². The molecule has 120 valence electrons. The second-order valence-electron chi connectivity index (χ2n) is 6.58. The van der Waals surface area contributed by atoms with E-state index in [9.17, 15) is 4.79 Å². The lowest BCUT2D eigenvalue weighted by Gasteiger charge is -2.49. The lowest BCUT2D eigenvalue weighted by atomic mass is 9.75. The van der Waals surface area contributed by atoms with Gasteiger partial charge in [-0.3, -0.25) is 9.80 Å². The molecule has 1 amide bonds. The van der Waals surface area contributed by atoms with Gasteiger partial charge in [-0.1, -0.05) is 0 Å². The number of carbonyl (C=O) groups excluding carboxylic acids is 1. The molecule has 2 aromatic heterocycles. The van der Waals surface area contributed by atoms with Crippen molar-refractivity contribution in [1.82, 2.24) is 9.88 Å². The summed E-state index contributed by atoms with van der Waals surface area (Å²) >= 11 is 3.20. The van der Waals surface area contributed by atoms with Crippen LogP contribution in [-0.4, -0.2) is 47.8 Å². The first-order chi connectivity index (χ1) is 11.2. The number of rotatable bonds is 2. The fourth-order valence-corrected chi connectivity index (χ4v) is 5.72. The quantitative estimate of drug-likeness (QED) is 0.836. The standard InChI is InChI=1S/C16H17N3O2S2/c20-15-19(14-2-1-13(23-14)12-7-22-10-17-12)9-16(21-15)8-18-5-3-11(16)4-6-18/h1-2,7,10-11H,3-6,8-9H2. The molecule has 6 rings (SSSR count). The van der Waals surface area contributed by atoms with E-state index in [0.29, 0.717) is 12.5 Å². The highest BCUT2D eigenvalue weighted by Crippen LogP contribution is 2.45. The van der Waals surface area contributed by atoms with E-state index in [1.165, 1.54) is 0 Å². The van der Waals surface area contributed by atoms with Gasteiger partial charge in [0.1, 0.15) is 10.6 Å². The number of nitrogens with zero attached hydrogens (tertiary/aromatic N) is 3. The largest absolute Gasteiger partial charge is 0.439 e. The minimum Gasteiger partial charge on any atom is -0.439 e. The number of carbonyl (C=O) groups is 1. The molecule has 4 aliphatic rings. The van der Waals surface area contributed by atoms with Crippen LogP contribution in [0.4, 0.5) is 9.80 Å². The zero-order valence-electron chi connectivity index (χ0n) is 12.6. The third-order valence-corrected chi connectivity index (χ3v) is 7.02. The molecule has 0 aliphatic carbocycles. The maximum Gasteiger partial charge on any atom is 0.415 e. The molecule has 23 heavy (non-hydrogen) atoms. The predicted octanol–water partition coefficient (Wildman–Crippen LogP) is 3.29. The smallest absolute Gasteiger partial charge is 0.415 e. The zero-order chi connectivity index (χ0) is 15.4. The van der Waals surface area contributed by atoms with E-state index < -0.39 is 0 Å². The monoisotopic (exact) mass is 347 g/mol. The summed E-state index contributed by atoms with van der Waals surface area (Å²) in [5.74, 6) is 0.513. The topological polar surface area (TPSA) is 45.7 Å². The van der Waals surface area contributed by atoms with E-state index in [-0.39, 0.29) is 11.7 Å². The molecule has 2 bridgehead atoms. The fourth-order valence-electron chi connectivity index (χ4n) is 4.13. The molecule has 0 radical (unpaired) electrons. The molecule has 4 saturated heterocycles. The zero-order valence-corrected chi connectivity index (χ0v) is 14.2. The van der Waals surface area contributed by atoms with E-state index in [1.54, 1.807) is 22.7 Å². The van der Waals surface area contributed by atoms with Gasteiger partial charge in [0.05, 0.1) is 22.6 Å². The van der Waals surface area contributed by atoms with Crippen LogP contribution in [0.15, 0.2) is 23.0 Å². The van der Waals surface area contributed by atoms with E-state index in [0.717, 1.165) is 48.0 Å². The van der Waals surface area contributed by atoms with Gasteiger partial charge in [-0.2, -0.15) is 0 Å². The van der Waals surface area contributed by atoms with Crippen LogP contribution in [0.25, 0.3) is 10.6 Å². The molecular weight excluding hydrogens is 330 g/mol. The number of aromatic nitrogens is 1. The molecule has 0 aromatic carbocycles. The molecule has 6 heterocycles. The number of anilines is 1. The van der Waals surface area contributed by atoms with Gasteiger partial charge in [0.15, 0.2) is 0 Å². The third-order valence-electron chi connectivity index (χ3n) is 5.30. The molecule has 0 saturated carbocycles. The van der Waals surface area contributed by atoms with Crippen LogP contribution in [0.3, 0.4) is 0 Å². The molecular formula is C16H17N3O2S2. The van der Waals surface area contributed by atoms with E-state index in [1.807, 2.05) is 27.9 Å². The maximum atomic E-state index is 12.5. The van der Waals surface area contributed by atoms with Gasteiger partial charge < -0.3 is 4.74 Å². The van der Waals surface area contributed by atoms with E-state index in [4.69, 9.17) is 4.74 Å². The first kappa shape index (κ1) is 13.9. The lowest BCUT2D eigenvalue weighted by molar-refractivity contribution is -0.0881. The number of thiophene rings is 1. The highest BCUT2D eigenvalue weighted by Gasteiger charge is 2.55. The van der Waals surface area contributed by atoms with Crippen molar-refractivity contribution in [2.75, 3.05) is 31.1 Å². The second kappa shape index (κ2) is 5.03. The first-order valence-corrected chi connectivity index (χ1v) is 9.71. The summed E-state index contributed by atoms with van der Waals surface area (Å²) in [4.78, 5) is 22.2. The summed E-state index contributed by atoms with van der Waals surface area (Å²) in [7, 11) is 0. The number of hydrogen-bond donors (Lipinski definition) is 0. The minimum atomic E-state index is -0.293. The van der Waals surface area contributed by atoms with Crippen LogP contribution >= 0.6 is 22.7 Å². The molecule has 4 fully saturated rings. The number of hydrogen-bond acceptors (Lipinski definition) is 6. The van der Waals surface area contributed by atoms with E-state index in [2.05, 4.69) is 9.88 Å². The average molecular weight is 347 g/mol. The Labute approximate surface area is 142 Å². The molecule has 1 spiro atoms. The average Bonchev–Trinajstić information content (AvgIpc) is 3.28. The van der Waals surface area contributed by atoms with Crippen LogP contribution in [-0.2, 0) is 4.74 Å². The Morgan fingerprint density at radius 3 is 2.83 bits per heavy atom. The number of piperidine rings is 3. The van der Waals surface area contributed by atoms with Crippen LogP contribution < -0.4 is 4.90 Å². The highest BCUT2D eigenvalue weighted by molar-refractivity contribution is 7.19. The van der Waals surface area contributed by atoms with Crippen molar-refractivity contribution in [3.8, 4) is 10.6 Å². The SMILES string of the molecule is O=C1OC2(CN3CCC2CC3)CN1c1ccc(-c2cscn2)s1. The minimum absolute atomic E-state index is 0.189. The summed E-state index contributed by atoms with van der Waals surface area (Å²) < 4.78 is 5.93. The summed E-state index contributed by atoms with van der Waals surface area (Å²) in [6.07, 6.45) is 2.11. The Bertz CT molecular complexity index is 736. The molecule has 2 aromatic rings. The number of ether oxygens (including phenoxy) is 1. The summed E-state index contributed by atoms with van der Waals surface area (Å²) in [5.41, 5.74) is 2.52. The van der Waals surface area contributed by atoms with Gasteiger partial charge in [0, 0.05) is 17.8 Å². The normalized spacial score (nSPS) is 32.7. The highest BCUT2D eigenvalue weighted by atomic mass is 32.1. The summed E-state index contributed by atoms with van der Waals surface area (Å²) in [5, 5.41) is 3.00. The van der Waals surface area contributed by atoms with Crippen LogP contribution in [0, 0.1) is 5.92 Å². The van der Waals surface area contributed by atoms with Crippen LogP contribution in [0.1, 0.15) is 12.8 Å². The molecule has 5 nitrogen and oxygen atoms in total. The van der Waals surface area contributed by atoms with E-state index >= 15 is 0 Å². The van der Waals surface area contributed by atoms with Gasteiger partial charge >= 0.3 is 6.09 Å². The van der Waals surface area contributed by atoms with Gasteiger partial charge in [0.2, 0.25) is 0 Å². The summed E-state index contributed by atoms with van der Waals surface area (Å²) in [6.45, 7) is 3.88. The van der Waals surface area contributed by atoms with Crippen LogP contribution in [0.2, 0.25) is 0 Å². The Balaban J connectivity index is 1.43. The third kappa shape index (κ3) is 2.14. The summed E-state index contributed by atoms with van der Waals surface area (Å²) in [6, 6.07) is 4.06. The molecule has 1 atom stereocenters. The van der Waals surface area contributed by atoms with Gasteiger partial charge in [0.25, 0.3) is 0 Å². The molecule has 7 heteroatoms. The van der Waals surface area contributed by atoms with Crippen molar-refractivity contribution in [3.63, 3.8) is 0 Å². The first-order valence-electron chi connectivity index (χ1n) is 7.95. The predicted molar refractivity (Wildman–Crippen MR) is 91.1 cm³/mol. The Morgan fingerprint density at radius 1 is 1.26 bits per heavy atom. The lowest BCUT2D eigenvalue weighted by Crippen LogP contribution is -2.61. The van der Waals surface area contributed by atoms with Gasteiger partial charge in [-0.05, 0) is 38.1 Å². The van der Waals surface area contributed by atoms with Crippen molar-refractivity contribution in [1.29, 1.82) is 0 Å². The molecule has 4 aliphatic heterocycles. The van der Waals surface area contributed by atoms with Crippen molar-refractivity contribution >= 4 is 33.8 Å². The molecule has 0 N–H and O–H groups in total. The maximum absolute atomic E-state index is 12.5. The fraction of sp³-hybridized carbons (Fsp3) is 0.500. The van der Waals surface area contributed by atoms with Crippen molar-refractivity contribution < 1.29 is 9.53 Å². The van der Waals surface area contributed by atoms with Crippen molar-refractivity contribution in [2.45, 2.75) is 18.4 Å². The van der Waals surface area contributed by atoms with Crippen LogP contribution in [0.5, 0.6) is 0 Å². The Hall–Kier alpha value is -1.44. The molecule has 1 unspecified atom stereocenters. The van der Waals surface area contributed by atoms with Crippen molar-refractivity contribution in [2.24, 2.45) is 5.92 Å². The van der Waals surface area contributed by atoms with Gasteiger partial charge in [-0.25, -0.2) is 9.78 Å². The Morgan fingerprint density at radius 2 is 2.13 bits per heavy atom. The number of fused-ring (bicyclic) bond motifs is 2. The Kier molecular flexibility index (Phi) is 3.05. The second-order valence-corrected chi connectivity index (χ2v) is 8.36. The number of amides is 1.